The fraction of sp³-hybridized carbons (Fsp3) is 0.571. The minimum Gasteiger partial charge on any atom is -0.378 e. The maximum Gasteiger partial charge on any atom is 0.322 e. The van der Waals surface area contributed by atoms with E-state index < -0.39 is 0 Å². The lowest BCUT2D eigenvalue weighted by molar-refractivity contribution is -0.134. The summed E-state index contributed by atoms with van der Waals surface area (Å²) in [5.41, 5.74) is 4.15. The number of piperidine rings is 1. The topological polar surface area (TPSA) is 85.4 Å². The van der Waals surface area contributed by atoms with Gasteiger partial charge in [-0.15, -0.1) is 11.8 Å². The summed E-state index contributed by atoms with van der Waals surface area (Å²) in [5, 5.41) is 2.79. The first kappa shape index (κ1) is 30.4. The number of morpholine rings is 1. The Hall–Kier alpha value is -3.24. The molecule has 1 saturated carbocycles. The lowest BCUT2D eigenvalue weighted by Crippen LogP contribution is -2.50. The molecule has 10 heteroatoms. The molecule has 4 fully saturated rings. The highest BCUT2D eigenvalue weighted by atomic mass is 32.2. The number of thioether (sulfide) groups is 1. The molecule has 1 N–H and O–H groups in total. The van der Waals surface area contributed by atoms with E-state index in [0.717, 1.165) is 81.0 Å². The van der Waals surface area contributed by atoms with Crippen LogP contribution in [0.25, 0.3) is 0 Å². The number of nitrogens with zero attached hydrogens (tertiary/aromatic N) is 4. The quantitative estimate of drug-likeness (QED) is 0.463. The fourth-order valence-corrected chi connectivity index (χ4v) is 9.46. The molecule has 1 aliphatic carbocycles. The third-order valence-electron chi connectivity index (χ3n) is 10.4. The van der Waals surface area contributed by atoms with Gasteiger partial charge in [0.25, 0.3) is 0 Å². The van der Waals surface area contributed by atoms with Gasteiger partial charge in [-0.2, -0.15) is 0 Å². The molecule has 240 valence electrons. The first-order valence-corrected chi connectivity index (χ1v) is 17.8. The van der Waals surface area contributed by atoms with Gasteiger partial charge in [-0.05, 0) is 73.9 Å². The number of benzene rings is 2. The van der Waals surface area contributed by atoms with E-state index in [2.05, 4.69) is 40.5 Å². The third kappa shape index (κ3) is 6.54. The van der Waals surface area contributed by atoms with Crippen LogP contribution in [0, 0.1) is 5.92 Å². The van der Waals surface area contributed by atoms with Gasteiger partial charge >= 0.3 is 6.03 Å². The molecule has 2 aromatic rings. The molecule has 4 heterocycles. The molecule has 2 atom stereocenters. The van der Waals surface area contributed by atoms with Gasteiger partial charge in [0, 0.05) is 62.2 Å². The normalized spacial score (nSPS) is 25.2. The highest BCUT2D eigenvalue weighted by Gasteiger charge is 2.46. The van der Waals surface area contributed by atoms with Gasteiger partial charge in [0.2, 0.25) is 11.8 Å². The van der Waals surface area contributed by atoms with Crippen molar-refractivity contribution in [1.29, 1.82) is 0 Å². The van der Waals surface area contributed by atoms with Gasteiger partial charge < -0.3 is 24.8 Å². The van der Waals surface area contributed by atoms with Gasteiger partial charge in [0.05, 0.1) is 23.8 Å². The van der Waals surface area contributed by atoms with Crippen molar-refractivity contribution < 1.29 is 19.1 Å². The Morgan fingerprint density at radius 2 is 1.56 bits per heavy atom. The maximum atomic E-state index is 14.0. The van der Waals surface area contributed by atoms with Gasteiger partial charge in [-0.25, -0.2) is 4.79 Å². The molecule has 2 unspecified atom stereocenters. The number of hydrogen-bond donors (Lipinski definition) is 1. The summed E-state index contributed by atoms with van der Waals surface area (Å²) in [4.78, 5) is 48.9. The van der Waals surface area contributed by atoms with Crippen molar-refractivity contribution in [2.45, 2.75) is 74.5 Å². The second-order valence-corrected chi connectivity index (χ2v) is 14.4. The predicted molar refractivity (Wildman–Crippen MR) is 179 cm³/mol. The Labute approximate surface area is 270 Å². The van der Waals surface area contributed by atoms with E-state index in [-0.39, 0.29) is 40.9 Å². The number of para-hydroxylation sites is 1. The van der Waals surface area contributed by atoms with Crippen molar-refractivity contribution in [3.8, 4) is 0 Å². The standard InChI is InChI=1S/C35H45N5O4S/c41-32(38-17-15-28(16-18-38)39-19-14-25-6-4-5-9-30(25)36-35(39)43)24-31-33(42)40(34(45-31)26-7-2-1-3-8-26)29-12-10-27(11-13-29)37-20-22-44-23-21-37/h4-6,9-13,26,28,31,34H,1-3,7-8,14-24H2,(H,36,43). The first-order valence-electron chi connectivity index (χ1n) is 16.9. The van der Waals surface area contributed by atoms with Crippen LogP contribution >= 0.6 is 11.8 Å². The molecule has 7 rings (SSSR count). The van der Waals surface area contributed by atoms with Crippen LogP contribution in [-0.4, -0.2) is 90.2 Å². The SMILES string of the molecule is O=C(CC1SC(C2CCCCC2)N(c2ccc(N3CCOCC3)cc2)C1=O)N1CCC(N2CCc3ccccc3NC2=O)CC1. The molecular weight excluding hydrogens is 586 g/mol. The van der Waals surface area contributed by atoms with Crippen molar-refractivity contribution in [3.05, 3.63) is 54.1 Å². The van der Waals surface area contributed by atoms with Crippen molar-refractivity contribution in [2.24, 2.45) is 5.92 Å². The van der Waals surface area contributed by atoms with Crippen LogP contribution < -0.4 is 15.1 Å². The van der Waals surface area contributed by atoms with E-state index in [1.807, 2.05) is 32.9 Å². The van der Waals surface area contributed by atoms with Crippen molar-refractivity contribution >= 4 is 46.7 Å². The zero-order valence-electron chi connectivity index (χ0n) is 26.1. The van der Waals surface area contributed by atoms with Gasteiger partial charge in [0.15, 0.2) is 0 Å². The molecule has 4 amide bonds. The maximum absolute atomic E-state index is 14.0. The summed E-state index contributed by atoms with van der Waals surface area (Å²) in [5.74, 6) is 0.575. The van der Waals surface area contributed by atoms with Crippen LogP contribution in [0.5, 0.6) is 0 Å². The molecule has 0 aromatic heterocycles. The number of fused-ring (bicyclic) bond motifs is 1. The number of hydrogen-bond acceptors (Lipinski definition) is 6. The van der Waals surface area contributed by atoms with Crippen LogP contribution in [0.4, 0.5) is 21.9 Å². The van der Waals surface area contributed by atoms with Crippen LogP contribution in [-0.2, 0) is 20.7 Å². The number of rotatable bonds is 6. The summed E-state index contributed by atoms with van der Waals surface area (Å²) in [6.07, 6.45) is 8.52. The number of ether oxygens (including phenoxy) is 1. The lowest BCUT2D eigenvalue weighted by atomic mass is 9.88. The van der Waals surface area contributed by atoms with Crippen molar-refractivity contribution in [2.75, 3.05) is 61.1 Å². The minimum atomic E-state index is -0.365. The monoisotopic (exact) mass is 631 g/mol. The minimum absolute atomic E-state index is 0.0514. The highest BCUT2D eigenvalue weighted by molar-refractivity contribution is 8.02. The van der Waals surface area contributed by atoms with Crippen LogP contribution in [0.3, 0.4) is 0 Å². The van der Waals surface area contributed by atoms with E-state index in [0.29, 0.717) is 25.6 Å². The smallest absolute Gasteiger partial charge is 0.322 e. The van der Waals surface area contributed by atoms with Gasteiger partial charge in [-0.1, -0.05) is 37.5 Å². The molecular formula is C35H45N5O4S. The van der Waals surface area contributed by atoms with Gasteiger partial charge in [-0.3, -0.25) is 14.5 Å². The second-order valence-electron chi connectivity index (χ2n) is 13.1. The van der Waals surface area contributed by atoms with Crippen LogP contribution in [0.15, 0.2) is 48.5 Å². The number of likely N-dealkylation sites (tertiary alicyclic amines) is 1. The van der Waals surface area contributed by atoms with Crippen LogP contribution in [0.1, 0.15) is 56.9 Å². The molecule has 3 saturated heterocycles. The zero-order chi connectivity index (χ0) is 30.8. The van der Waals surface area contributed by atoms with E-state index >= 15 is 0 Å². The molecule has 0 radical (unpaired) electrons. The number of urea groups is 1. The van der Waals surface area contributed by atoms with Gasteiger partial charge in [0.1, 0.15) is 0 Å². The Kier molecular flexibility index (Phi) is 9.21. The van der Waals surface area contributed by atoms with Crippen LogP contribution in [0.2, 0.25) is 0 Å². The number of carbonyl (C=O) groups is 3. The average Bonchev–Trinajstić information content (AvgIpc) is 3.31. The summed E-state index contributed by atoms with van der Waals surface area (Å²) >= 11 is 1.71. The van der Waals surface area contributed by atoms with E-state index in [4.69, 9.17) is 4.74 Å². The third-order valence-corrected chi connectivity index (χ3v) is 12.0. The number of carbonyl (C=O) groups excluding carboxylic acids is 3. The summed E-state index contributed by atoms with van der Waals surface area (Å²) in [6, 6.07) is 16.5. The highest BCUT2D eigenvalue weighted by Crippen LogP contribution is 2.45. The number of anilines is 3. The molecule has 45 heavy (non-hydrogen) atoms. The average molecular weight is 632 g/mol. The second kappa shape index (κ2) is 13.6. The molecule has 0 bridgehead atoms. The Balaban J connectivity index is 0.987. The molecule has 5 aliphatic rings. The Morgan fingerprint density at radius 3 is 2.31 bits per heavy atom. The molecule has 9 nitrogen and oxygen atoms in total. The predicted octanol–water partition coefficient (Wildman–Crippen LogP) is 5.35. The summed E-state index contributed by atoms with van der Waals surface area (Å²) < 4.78 is 5.52. The molecule has 2 aromatic carbocycles. The number of amides is 4. The Morgan fingerprint density at radius 1 is 0.844 bits per heavy atom. The lowest BCUT2D eigenvalue weighted by Gasteiger charge is -2.38. The largest absolute Gasteiger partial charge is 0.378 e. The van der Waals surface area contributed by atoms with E-state index in [9.17, 15) is 14.4 Å². The van der Waals surface area contributed by atoms with Crippen molar-refractivity contribution in [3.63, 3.8) is 0 Å². The van der Waals surface area contributed by atoms with Crippen molar-refractivity contribution in [1.82, 2.24) is 9.80 Å². The number of nitrogens with one attached hydrogen (secondary N) is 1. The molecule has 0 spiro atoms. The Bertz CT molecular complexity index is 1370. The van der Waals surface area contributed by atoms with E-state index in [1.165, 1.54) is 19.3 Å². The summed E-state index contributed by atoms with van der Waals surface area (Å²) in [6.45, 7) is 5.15. The zero-order valence-corrected chi connectivity index (χ0v) is 26.9. The van der Waals surface area contributed by atoms with E-state index in [1.54, 1.807) is 11.8 Å². The molecule has 4 aliphatic heterocycles. The fourth-order valence-electron chi connectivity index (χ4n) is 7.82. The summed E-state index contributed by atoms with van der Waals surface area (Å²) in [7, 11) is 0. The first-order chi connectivity index (χ1) is 22.0.